The number of benzene rings is 3. The Hall–Kier alpha value is -3.47. The van der Waals surface area contributed by atoms with Crippen molar-refractivity contribution in [2.75, 3.05) is 22.5 Å². The molecular weight excluding hydrogens is 326 g/mol. The van der Waals surface area contributed by atoms with E-state index >= 15 is 0 Å². The largest absolute Gasteiger partial charge is 0.465 e. The van der Waals surface area contributed by atoms with Crippen molar-refractivity contribution in [3.05, 3.63) is 84.4 Å². The molecule has 5 heteroatoms. The number of nitrogens with one attached hydrogen (secondary N) is 1. The quantitative estimate of drug-likeness (QED) is 0.563. The van der Waals surface area contributed by atoms with Gasteiger partial charge in [-0.05, 0) is 60.5 Å². The van der Waals surface area contributed by atoms with Gasteiger partial charge in [-0.15, -0.1) is 0 Å². The summed E-state index contributed by atoms with van der Waals surface area (Å²) in [5.41, 5.74) is 9.97. The molecule has 3 aromatic rings. The number of rotatable bonds is 6. The molecule has 26 heavy (non-hydrogen) atoms. The fourth-order valence-electron chi connectivity index (χ4n) is 2.67. The first-order chi connectivity index (χ1) is 12.6. The lowest BCUT2D eigenvalue weighted by Gasteiger charge is -2.20. The number of nitrogens with zero attached hydrogens (tertiary/aromatic N) is 1. The molecule has 0 aliphatic rings. The SMILES string of the molecule is Nc1ccc(CCN(C(=O)O)c2ccc(Nc3ccccc3)cc2)cc1. The zero-order valence-electron chi connectivity index (χ0n) is 14.3. The third-order valence-corrected chi connectivity index (χ3v) is 4.08. The van der Waals surface area contributed by atoms with Crippen molar-refractivity contribution in [2.45, 2.75) is 6.42 Å². The topological polar surface area (TPSA) is 78.6 Å². The molecule has 4 N–H and O–H groups in total. The molecule has 0 aliphatic carbocycles. The van der Waals surface area contributed by atoms with Gasteiger partial charge in [-0.3, -0.25) is 4.90 Å². The predicted octanol–water partition coefficient (Wildman–Crippen LogP) is 4.74. The van der Waals surface area contributed by atoms with Gasteiger partial charge in [0.25, 0.3) is 0 Å². The summed E-state index contributed by atoms with van der Waals surface area (Å²) >= 11 is 0. The summed E-state index contributed by atoms with van der Waals surface area (Å²) in [6, 6.07) is 24.7. The van der Waals surface area contributed by atoms with Crippen LogP contribution >= 0.6 is 0 Å². The van der Waals surface area contributed by atoms with E-state index in [2.05, 4.69) is 5.32 Å². The van der Waals surface area contributed by atoms with E-state index in [1.807, 2.05) is 78.9 Å². The Morgan fingerprint density at radius 2 is 1.50 bits per heavy atom. The summed E-state index contributed by atoms with van der Waals surface area (Å²) in [5, 5.41) is 12.8. The Balaban J connectivity index is 1.67. The van der Waals surface area contributed by atoms with Gasteiger partial charge in [0.15, 0.2) is 0 Å². The molecule has 0 unspecified atom stereocenters. The Labute approximate surface area is 152 Å². The smallest absolute Gasteiger partial charge is 0.411 e. The predicted molar refractivity (Wildman–Crippen MR) is 106 cm³/mol. The first kappa shape index (κ1) is 17.4. The fourth-order valence-corrected chi connectivity index (χ4v) is 2.67. The van der Waals surface area contributed by atoms with Crippen LogP contribution in [0, 0.1) is 0 Å². The number of nitrogen functional groups attached to an aromatic ring is 1. The molecular formula is C21H21N3O2. The molecule has 0 saturated heterocycles. The maximum atomic E-state index is 11.6. The van der Waals surface area contributed by atoms with E-state index in [0.29, 0.717) is 24.3 Å². The number of anilines is 4. The Morgan fingerprint density at radius 1 is 0.885 bits per heavy atom. The minimum absolute atomic E-state index is 0.380. The Kier molecular flexibility index (Phi) is 5.39. The molecule has 132 valence electrons. The lowest BCUT2D eigenvalue weighted by molar-refractivity contribution is 0.202. The van der Waals surface area contributed by atoms with Crippen molar-refractivity contribution in [2.24, 2.45) is 0 Å². The number of nitrogens with two attached hydrogens (primary N) is 1. The minimum atomic E-state index is -0.968. The van der Waals surface area contributed by atoms with Crippen molar-refractivity contribution >= 4 is 28.8 Å². The lowest BCUT2D eigenvalue weighted by atomic mass is 10.1. The average molecular weight is 347 g/mol. The van der Waals surface area contributed by atoms with E-state index < -0.39 is 6.09 Å². The molecule has 0 saturated carbocycles. The van der Waals surface area contributed by atoms with Gasteiger partial charge in [-0.25, -0.2) is 4.79 Å². The maximum Gasteiger partial charge on any atom is 0.411 e. The number of para-hydroxylation sites is 1. The Bertz CT molecular complexity index is 847. The molecule has 0 aromatic heterocycles. The highest BCUT2D eigenvalue weighted by Gasteiger charge is 2.14. The van der Waals surface area contributed by atoms with E-state index in [1.165, 1.54) is 4.90 Å². The van der Waals surface area contributed by atoms with Crippen LogP contribution in [0.1, 0.15) is 5.56 Å². The van der Waals surface area contributed by atoms with Crippen LogP contribution in [0.4, 0.5) is 27.5 Å². The standard InChI is InChI=1S/C21H21N3O2/c22-17-8-6-16(7-9-17)14-15-24(21(25)26)20-12-10-19(11-13-20)23-18-4-2-1-3-5-18/h1-13,23H,14-15,22H2,(H,25,26). The lowest BCUT2D eigenvalue weighted by Crippen LogP contribution is -2.31. The van der Waals surface area contributed by atoms with Crippen LogP contribution in [0.2, 0.25) is 0 Å². The van der Waals surface area contributed by atoms with Crippen molar-refractivity contribution in [3.63, 3.8) is 0 Å². The molecule has 0 bridgehead atoms. The number of carboxylic acid groups (broad SMARTS) is 1. The summed E-state index contributed by atoms with van der Waals surface area (Å²) in [6.07, 6.45) is -0.347. The van der Waals surface area contributed by atoms with Crippen LogP contribution in [-0.2, 0) is 6.42 Å². The Morgan fingerprint density at radius 3 is 2.12 bits per heavy atom. The van der Waals surface area contributed by atoms with Crippen molar-refractivity contribution in [3.8, 4) is 0 Å². The van der Waals surface area contributed by atoms with Crippen LogP contribution in [0.3, 0.4) is 0 Å². The second kappa shape index (κ2) is 8.07. The third kappa shape index (κ3) is 4.54. The molecule has 1 amide bonds. The van der Waals surface area contributed by atoms with Crippen LogP contribution in [0.15, 0.2) is 78.9 Å². The van der Waals surface area contributed by atoms with Gasteiger partial charge in [0.2, 0.25) is 0 Å². The summed E-state index contributed by atoms with van der Waals surface area (Å²) in [5.74, 6) is 0. The van der Waals surface area contributed by atoms with Gasteiger partial charge in [0, 0.05) is 29.3 Å². The summed E-state index contributed by atoms with van der Waals surface area (Å²) in [7, 11) is 0. The second-order valence-electron chi connectivity index (χ2n) is 5.96. The second-order valence-corrected chi connectivity index (χ2v) is 5.96. The van der Waals surface area contributed by atoms with Gasteiger partial charge in [-0.1, -0.05) is 30.3 Å². The number of hydrogen-bond donors (Lipinski definition) is 3. The monoisotopic (exact) mass is 347 g/mol. The van der Waals surface area contributed by atoms with Crippen LogP contribution in [0.5, 0.6) is 0 Å². The zero-order valence-corrected chi connectivity index (χ0v) is 14.3. The zero-order chi connectivity index (χ0) is 18.4. The normalized spacial score (nSPS) is 10.3. The molecule has 0 radical (unpaired) electrons. The van der Waals surface area contributed by atoms with Crippen molar-refractivity contribution < 1.29 is 9.90 Å². The maximum absolute atomic E-state index is 11.6. The van der Waals surface area contributed by atoms with E-state index in [1.54, 1.807) is 0 Å². The first-order valence-corrected chi connectivity index (χ1v) is 8.39. The van der Waals surface area contributed by atoms with E-state index in [0.717, 1.165) is 16.9 Å². The molecule has 5 nitrogen and oxygen atoms in total. The van der Waals surface area contributed by atoms with Gasteiger partial charge < -0.3 is 16.2 Å². The minimum Gasteiger partial charge on any atom is -0.465 e. The van der Waals surface area contributed by atoms with Crippen LogP contribution < -0.4 is 16.0 Å². The summed E-state index contributed by atoms with van der Waals surface area (Å²) < 4.78 is 0. The van der Waals surface area contributed by atoms with Gasteiger partial charge in [-0.2, -0.15) is 0 Å². The van der Waals surface area contributed by atoms with Crippen LogP contribution in [0.25, 0.3) is 0 Å². The molecule has 3 aromatic carbocycles. The highest BCUT2D eigenvalue weighted by atomic mass is 16.4. The van der Waals surface area contributed by atoms with Gasteiger partial charge in [0.05, 0.1) is 0 Å². The summed E-state index contributed by atoms with van der Waals surface area (Å²) in [4.78, 5) is 13.0. The molecule has 0 heterocycles. The van der Waals surface area contributed by atoms with Crippen molar-refractivity contribution in [1.29, 1.82) is 0 Å². The molecule has 0 atom stereocenters. The van der Waals surface area contributed by atoms with Gasteiger partial charge in [0.1, 0.15) is 0 Å². The van der Waals surface area contributed by atoms with Crippen molar-refractivity contribution in [1.82, 2.24) is 0 Å². The number of hydrogen-bond acceptors (Lipinski definition) is 3. The van der Waals surface area contributed by atoms with E-state index in [-0.39, 0.29) is 0 Å². The first-order valence-electron chi connectivity index (χ1n) is 8.39. The number of amides is 1. The molecule has 0 fully saturated rings. The fraction of sp³-hybridized carbons (Fsp3) is 0.0952. The highest BCUT2D eigenvalue weighted by molar-refractivity contribution is 5.86. The van der Waals surface area contributed by atoms with Crippen LogP contribution in [-0.4, -0.2) is 17.7 Å². The third-order valence-electron chi connectivity index (χ3n) is 4.08. The number of carbonyl (C=O) groups is 1. The summed E-state index contributed by atoms with van der Waals surface area (Å²) in [6.45, 7) is 0.380. The van der Waals surface area contributed by atoms with E-state index in [4.69, 9.17) is 5.73 Å². The molecule has 0 spiro atoms. The van der Waals surface area contributed by atoms with E-state index in [9.17, 15) is 9.90 Å². The molecule has 3 rings (SSSR count). The average Bonchev–Trinajstić information content (AvgIpc) is 2.65. The highest BCUT2D eigenvalue weighted by Crippen LogP contribution is 2.22. The van der Waals surface area contributed by atoms with Gasteiger partial charge >= 0.3 is 6.09 Å². The molecule has 0 aliphatic heterocycles.